The summed E-state index contributed by atoms with van der Waals surface area (Å²) in [6.45, 7) is 4.21. The van der Waals surface area contributed by atoms with Gasteiger partial charge in [0.05, 0.1) is 6.20 Å². The van der Waals surface area contributed by atoms with Gasteiger partial charge in [0.15, 0.2) is 0 Å². The fourth-order valence-electron chi connectivity index (χ4n) is 1.54. The van der Waals surface area contributed by atoms with E-state index in [0.29, 0.717) is 11.7 Å². The largest absolute Gasteiger partial charge is 0.289 e. The molecule has 2 heterocycles. The molecule has 0 aliphatic heterocycles. The average molecular weight is 191 g/mol. The number of fused-ring (bicyclic) bond motifs is 1. The standard InChI is InChI=1S/C10H13N3O/c1-7(2)8-6-11-10-12(3)9(14)4-5-13(8)10/h4-7H,1-3H3. The summed E-state index contributed by atoms with van der Waals surface area (Å²) in [4.78, 5) is 15.5. The molecule has 0 aromatic carbocycles. The van der Waals surface area contributed by atoms with Crippen LogP contribution in [-0.2, 0) is 7.05 Å². The second-order valence-corrected chi connectivity index (χ2v) is 3.72. The van der Waals surface area contributed by atoms with Crippen LogP contribution in [0.3, 0.4) is 0 Å². The average Bonchev–Trinajstić information content (AvgIpc) is 2.55. The first-order chi connectivity index (χ1) is 6.61. The zero-order valence-electron chi connectivity index (χ0n) is 8.56. The van der Waals surface area contributed by atoms with Crippen LogP contribution in [0.4, 0.5) is 0 Å². The van der Waals surface area contributed by atoms with Crippen molar-refractivity contribution >= 4 is 5.78 Å². The molecule has 0 amide bonds. The third-order valence-corrected chi connectivity index (χ3v) is 2.39. The lowest BCUT2D eigenvalue weighted by molar-refractivity contribution is 0.780. The maximum atomic E-state index is 11.3. The molecule has 0 saturated heterocycles. The van der Waals surface area contributed by atoms with Gasteiger partial charge in [0, 0.05) is 25.0 Å². The highest BCUT2D eigenvalue weighted by Gasteiger charge is 2.08. The Labute approximate surface area is 81.8 Å². The smallest absolute Gasteiger partial charge is 0.254 e. The highest BCUT2D eigenvalue weighted by Crippen LogP contribution is 2.14. The molecule has 2 rings (SSSR count). The molecule has 0 atom stereocenters. The summed E-state index contributed by atoms with van der Waals surface area (Å²) < 4.78 is 3.50. The van der Waals surface area contributed by atoms with E-state index in [2.05, 4.69) is 18.8 Å². The number of aromatic nitrogens is 3. The monoisotopic (exact) mass is 191 g/mol. The SMILES string of the molecule is CC(C)c1cnc2n(C)c(=O)ccn12. The molecular weight excluding hydrogens is 178 g/mol. The zero-order chi connectivity index (χ0) is 10.3. The molecule has 0 aliphatic rings. The van der Waals surface area contributed by atoms with Crippen LogP contribution in [0.25, 0.3) is 5.78 Å². The summed E-state index contributed by atoms with van der Waals surface area (Å²) in [6.07, 6.45) is 3.60. The van der Waals surface area contributed by atoms with E-state index < -0.39 is 0 Å². The van der Waals surface area contributed by atoms with Gasteiger partial charge in [-0.3, -0.25) is 13.8 Å². The molecule has 0 fully saturated rings. The highest BCUT2D eigenvalue weighted by atomic mass is 16.1. The first-order valence-electron chi connectivity index (χ1n) is 4.64. The molecule has 0 aliphatic carbocycles. The molecule has 2 aromatic heterocycles. The van der Waals surface area contributed by atoms with E-state index in [0.717, 1.165) is 5.69 Å². The predicted molar refractivity (Wildman–Crippen MR) is 54.5 cm³/mol. The van der Waals surface area contributed by atoms with Crippen LogP contribution in [0.2, 0.25) is 0 Å². The normalized spacial score (nSPS) is 11.4. The Morgan fingerprint density at radius 3 is 2.79 bits per heavy atom. The molecule has 4 nitrogen and oxygen atoms in total. The molecule has 4 heteroatoms. The second-order valence-electron chi connectivity index (χ2n) is 3.72. The number of aryl methyl sites for hydroxylation is 1. The third kappa shape index (κ3) is 1.14. The van der Waals surface area contributed by atoms with E-state index in [-0.39, 0.29) is 5.56 Å². The lowest BCUT2D eigenvalue weighted by atomic mass is 10.1. The first kappa shape index (κ1) is 8.99. The predicted octanol–water partition coefficient (Wildman–Crippen LogP) is 1.16. The third-order valence-electron chi connectivity index (χ3n) is 2.39. The van der Waals surface area contributed by atoms with Gasteiger partial charge in [-0.1, -0.05) is 13.8 Å². The summed E-state index contributed by atoms with van der Waals surface area (Å²) in [5, 5.41) is 0. The molecule has 0 bridgehead atoms. The van der Waals surface area contributed by atoms with E-state index >= 15 is 0 Å². The van der Waals surface area contributed by atoms with Gasteiger partial charge in [0.1, 0.15) is 0 Å². The molecule has 0 saturated carbocycles. The highest BCUT2D eigenvalue weighted by molar-refractivity contribution is 5.33. The second kappa shape index (κ2) is 2.97. The van der Waals surface area contributed by atoms with Gasteiger partial charge in [-0.25, -0.2) is 4.98 Å². The van der Waals surface area contributed by atoms with Gasteiger partial charge in [0.25, 0.3) is 5.56 Å². The summed E-state index contributed by atoms with van der Waals surface area (Å²) in [7, 11) is 1.73. The van der Waals surface area contributed by atoms with E-state index in [1.165, 1.54) is 0 Å². The van der Waals surface area contributed by atoms with Crippen molar-refractivity contribution in [3.05, 3.63) is 34.5 Å². The number of rotatable bonds is 1. The lowest BCUT2D eigenvalue weighted by Crippen LogP contribution is -2.18. The van der Waals surface area contributed by atoms with Crippen LogP contribution in [0.15, 0.2) is 23.3 Å². The Morgan fingerprint density at radius 2 is 2.14 bits per heavy atom. The Morgan fingerprint density at radius 1 is 1.43 bits per heavy atom. The molecule has 74 valence electrons. The van der Waals surface area contributed by atoms with Crippen molar-refractivity contribution in [2.45, 2.75) is 19.8 Å². The summed E-state index contributed by atoms with van der Waals surface area (Å²) in [6, 6.07) is 1.56. The lowest BCUT2D eigenvalue weighted by Gasteiger charge is -2.05. The van der Waals surface area contributed by atoms with Crippen LogP contribution in [0, 0.1) is 0 Å². The van der Waals surface area contributed by atoms with E-state index in [1.54, 1.807) is 23.9 Å². The van der Waals surface area contributed by atoms with E-state index in [9.17, 15) is 4.79 Å². The van der Waals surface area contributed by atoms with Crippen molar-refractivity contribution in [1.29, 1.82) is 0 Å². The topological polar surface area (TPSA) is 39.3 Å². The molecule has 0 spiro atoms. The molecular formula is C10H13N3O. The molecule has 2 aromatic rings. The zero-order valence-corrected chi connectivity index (χ0v) is 8.56. The summed E-state index contributed by atoms with van der Waals surface area (Å²) >= 11 is 0. The summed E-state index contributed by atoms with van der Waals surface area (Å²) in [5.74, 6) is 1.10. The molecule has 0 N–H and O–H groups in total. The van der Waals surface area contributed by atoms with Crippen LogP contribution < -0.4 is 5.56 Å². The van der Waals surface area contributed by atoms with Gasteiger partial charge < -0.3 is 0 Å². The fourth-order valence-corrected chi connectivity index (χ4v) is 1.54. The van der Waals surface area contributed by atoms with E-state index in [1.807, 2.05) is 10.6 Å². The number of nitrogens with zero attached hydrogens (tertiary/aromatic N) is 3. The molecule has 0 radical (unpaired) electrons. The minimum absolute atomic E-state index is 0.0293. The number of hydrogen-bond acceptors (Lipinski definition) is 2. The van der Waals surface area contributed by atoms with Crippen molar-refractivity contribution in [1.82, 2.24) is 14.0 Å². The van der Waals surface area contributed by atoms with Gasteiger partial charge in [-0.05, 0) is 5.92 Å². The van der Waals surface area contributed by atoms with Gasteiger partial charge in [-0.15, -0.1) is 0 Å². The van der Waals surface area contributed by atoms with Crippen molar-refractivity contribution in [3.63, 3.8) is 0 Å². The van der Waals surface area contributed by atoms with Gasteiger partial charge in [-0.2, -0.15) is 0 Å². The van der Waals surface area contributed by atoms with Crippen LogP contribution >= 0.6 is 0 Å². The Balaban J connectivity index is 2.84. The molecule has 14 heavy (non-hydrogen) atoms. The Hall–Kier alpha value is -1.58. The van der Waals surface area contributed by atoms with Crippen LogP contribution in [0.5, 0.6) is 0 Å². The van der Waals surface area contributed by atoms with Crippen LogP contribution in [-0.4, -0.2) is 14.0 Å². The minimum atomic E-state index is -0.0293. The summed E-state index contributed by atoms with van der Waals surface area (Å²) in [5.41, 5.74) is 1.09. The maximum absolute atomic E-state index is 11.3. The van der Waals surface area contributed by atoms with Gasteiger partial charge >= 0.3 is 0 Å². The Bertz CT molecular complexity index is 522. The molecule has 0 unspecified atom stereocenters. The maximum Gasteiger partial charge on any atom is 0.254 e. The first-order valence-corrected chi connectivity index (χ1v) is 4.64. The van der Waals surface area contributed by atoms with Crippen LogP contribution in [0.1, 0.15) is 25.5 Å². The number of hydrogen-bond donors (Lipinski definition) is 0. The quantitative estimate of drug-likeness (QED) is 0.678. The van der Waals surface area contributed by atoms with Crippen molar-refractivity contribution < 1.29 is 0 Å². The van der Waals surface area contributed by atoms with Gasteiger partial charge in [0.2, 0.25) is 5.78 Å². The minimum Gasteiger partial charge on any atom is -0.289 e. The van der Waals surface area contributed by atoms with Crippen molar-refractivity contribution in [3.8, 4) is 0 Å². The number of imidazole rings is 1. The fraction of sp³-hybridized carbons (Fsp3) is 0.400. The van der Waals surface area contributed by atoms with E-state index in [4.69, 9.17) is 0 Å². The van der Waals surface area contributed by atoms with Crippen molar-refractivity contribution in [2.75, 3.05) is 0 Å². The van der Waals surface area contributed by atoms with Crippen molar-refractivity contribution in [2.24, 2.45) is 7.05 Å². The Kier molecular flexibility index (Phi) is 1.91.